The SMILES string of the molecule is CC(C)OCCCNC(=O)c1n[nH]nc1-c1ccnn1C. The Labute approximate surface area is 122 Å². The quantitative estimate of drug-likeness (QED) is 0.734. The lowest BCUT2D eigenvalue weighted by Crippen LogP contribution is -2.26. The van der Waals surface area contributed by atoms with Gasteiger partial charge in [0.05, 0.1) is 11.8 Å². The molecule has 2 N–H and O–H groups in total. The molecule has 0 saturated carbocycles. The number of nitrogens with one attached hydrogen (secondary N) is 2. The first-order valence-corrected chi connectivity index (χ1v) is 6.88. The highest BCUT2D eigenvalue weighted by Crippen LogP contribution is 2.17. The number of carbonyl (C=O) groups excluding carboxylic acids is 1. The summed E-state index contributed by atoms with van der Waals surface area (Å²) in [5.74, 6) is -0.260. The van der Waals surface area contributed by atoms with Crippen LogP contribution >= 0.6 is 0 Å². The lowest BCUT2D eigenvalue weighted by molar-refractivity contribution is 0.0756. The Bertz CT molecular complexity index is 589. The first-order valence-electron chi connectivity index (χ1n) is 6.88. The molecule has 8 nitrogen and oxygen atoms in total. The Morgan fingerprint density at radius 1 is 1.48 bits per heavy atom. The molecule has 1 amide bonds. The minimum atomic E-state index is -0.260. The summed E-state index contributed by atoms with van der Waals surface area (Å²) in [7, 11) is 1.79. The number of amides is 1. The lowest BCUT2D eigenvalue weighted by atomic mass is 10.2. The number of carbonyl (C=O) groups is 1. The summed E-state index contributed by atoms with van der Waals surface area (Å²) in [5, 5.41) is 17.3. The summed E-state index contributed by atoms with van der Waals surface area (Å²) in [4.78, 5) is 12.1. The van der Waals surface area contributed by atoms with Crippen molar-refractivity contribution in [2.45, 2.75) is 26.4 Å². The molecule has 21 heavy (non-hydrogen) atoms. The molecule has 0 aromatic carbocycles. The third-order valence-corrected chi connectivity index (χ3v) is 2.88. The second-order valence-corrected chi connectivity index (χ2v) is 4.89. The normalized spacial score (nSPS) is 11.0. The molecule has 0 aliphatic carbocycles. The van der Waals surface area contributed by atoms with Crippen molar-refractivity contribution >= 4 is 5.91 Å². The van der Waals surface area contributed by atoms with Crippen LogP contribution < -0.4 is 5.32 Å². The summed E-state index contributed by atoms with van der Waals surface area (Å²) in [6, 6.07) is 1.78. The molecule has 2 aromatic rings. The average molecular weight is 292 g/mol. The summed E-state index contributed by atoms with van der Waals surface area (Å²) in [6.07, 6.45) is 2.60. The van der Waals surface area contributed by atoms with Crippen LogP contribution in [0.1, 0.15) is 30.8 Å². The molecule has 114 valence electrons. The smallest absolute Gasteiger partial charge is 0.274 e. The molecular weight excluding hydrogens is 272 g/mol. The zero-order chi connectivity index (χ0) is 15.2. The highest BCUT2D eigenvalue weighted by Gasteiger charge is 2.19. The Morgan fingerprint density at radius 3 is 2.95 bits per heavy atom. The van der Waals surface area contributed by atoms with Crippen molar-refractivity contribution in [1.29, 1.82) is 0 Å². The zero-order valence-corrected chi connectivity index (χ0v) is 12.5. The van der Waals surface area contributed by atoms with Crippen molar-refractivity contribution in [2.24, 2.45) is 7.05 Å². The van der Waals surface area contributed by atoms with Gasteiger partial charge >= 0.3 is 0 Å². The Morgan fingerprint density at radius 2 is 2.29 bits per heavy atom. The van der Waals surface area contributed by atoms with Gasteiger partial charge in [-0.05, 0) is 26.3 Å². The molecule has 2 rings (SSSR count). The van der Waals surface area contributed by atoms with Crippen molar-refractivity contribution in [3.8, 4) is 11.4 Å². The van der Waals surface area contributed by atoms with E-state index in [1.54, 1.807) is 24.0 Å². The van der Waals surface area contributed by atoms with E-state index >= 15 is 0 Å². The standard InChI is InChI=1S/C13H20N6O2/c1-9(2)21-8-4-6-14-13(20)12-11(16-18-17-12)10-5-7-15-19(10)3/h5,7,9H,4,6,8H2,1-3H3,(H,14,20)(H,16,17,18). The van der Waals surface area contributed by atoms with E-state index in [1.165, 1.54) is 0 Å². The van der Waals surface area contributed by atoms with Gasteiger partial charge in [0.2, 0.25) is 0 Å². The fraction of sp³-hybridized carbons (Fsp3) is 0.538. The number of ether oxygens (including phenoxy) is 1. The van der Waals surface area contributed by atoms with Crippen LogP contribution in [0.4, 0.5) is 0 Å². The highest BCUT2D eigenvalue weighted by molar-refractivity contribution is 5.97. The zero-order valence-electron chi connectivity index (χ0n) is 12.5. The maximum Gasteiger partial charge on any atom is 0.274 e. The summed E-state index contributed by atoms with van der Waals surface area (Å²) >= 11 is 0. The first kappa shape index (κ1) is 15.2. The maximum absolute atomic E-state index is 12.1. The van der Waals surface area contributed by atoms with E-state index in [4.69, 9.17) is 4.74 Å². The van der Waals surface area contributed by atoms with Crippen LogP contribution in [-0.4, -0.2) is 50.4 Å². The first-order chi connectivity index (χ1) is 10.1. The molecule has 0 bridgehead atoms. The lowest BCUT2D eigenvalue weighted by Gasteiger charge is -2.08. The predicted molar refractivity (Wildman–Crippen MR) is 76.6 cm³/mol. The number of hydrogen-bond acceptors (Lipinski definition) is 5. The van der Waals surface area contributed by atoms with Gasteiger partial charge in [-0.3, -0.25) is 9.48 Å². The number of nitrogens with zero attached hydrogens (tertiary/aromatic N) is 4. The fourth-order valence-electron chi connectivity index (χ4n) is 1.85. The second-order valence-electron chi connectivity index (χ2n) is 4.89. The molecular formula is C13H20N6O2. The molecule has 8 heteroatoms. The van der Waals surface area contributed by atoms with Gasteiger partial charge in [0.1, 0.15) is 5.69 Å². The van der Waals surface area contributed by atoms with Gasteiger partial charge in [-0.25, -0.2) is 0 Å². The molecule has 0 fully saturated rings. The molecule has 0 atom stereocenters. The Kier molecular flexibility index (Phi) is 5.04. The van der Waals surface area contributed by atoms with E-state index in [1.807, 2.05) is 13.8 Å². The van der Waals surface area contributed by atoms with Crippen LogP contribution in [-0.2, 0) is 11.8 Å². The van der Waals surface area contributed by atoms with E-state index in [0.717, 1.165) is 12.1 Å². The van der Waals surface area contributed by atoms with Crippen molar-refractivity contribution in [2.75, 3.05) is 13.2 Å². The third kappa shape index (κ3) is 3.88. The van der Waals surface area contributed by atoms with Gasteiger partial charge in [0, 0.05) is 26.4 Å². The number of aryl methyl sites for hydroxylation is 1. The van der Waals surface area contributed by atoms with Crippen LogP contribution in [0, 0.1) is 0 Å². The van der Waals surface area contributed by atoms with E-state index in [-0.39, 0.29) is 17.7 Å². The predicted octanol–water partition coefficient (Wildman–Crippen LogP) is 0.750. The van der Waals surface area contributed by atoms with Gasteiger partial charge in [0.15, 0.2) is 5.69 Å². The summed E-state index contributed by atoms with van der Waals surface area (Å²) in [6.45, 7) is 5.11. The van der Waals surface area contributed by atoms with Crippen molar-refractivity contribution in [3.63, 3.8) is 0 Å². The minimum absolute atomic E-state index is 0.202. The van der Waals surface area contributed by atoms with Gasteiger partial charge in [0.25, 0.3) is 5.91 Å². The number of rotatable bonds is 7. The molecule has 0 radical (unpaired) electrons. The van der Waals surface area contributed by atoms with E-state index in [2.05, 4.69) is 25.8 Å². The minimum Gasteiger partial charge on any atom is -0.379 e. The van der Waals surface area contributed by atoms with Crippen LogP contribution in [0.3, 0.4) is 0 Å². The highest BCUT2D eigenvalue weighted by atomic mass is 16.5. The van der Waals surface area contributed by atoms with Gasteiger partial charge < -0.3 is 10.1 Å². The molecule has 2 aromatic heterocycles. The Hall–Kier alpha value is -2.22. The van der Waals surface area contributed by atoms with Crippen molar-refractivity contribution < 1.29 is 9.53 Å². The van der Waals surface area contributed by atoms with E-state index < -0.39 is 0 Å². The average Bonchev–Trinajstić information content (AvgIpc) is 3.05. The van der Waals surface area contributed by atoms with Crippen LogP contribution in [0.5, 0.6) is 0 Å². The van der Waals surface area contributed by atoms with Crippen LogP contribution in [0.15, 0.2) is 12.3 Å². The molecule has 0 unspecified atom stereocenters. The molecule has 2 heterocycles. The van der Waals surface area contributed by atoms with Gasteiger partial charge in [-0.15, -0.1) is 0 Å². The topological polar surface area (TPSA) is 97.7 Å². The maximum atomic E-state index is 12.1. The molecule has 0 spiro atoms. The Balaban J connectivity index is 1.92. The number of aromatic nitrogens is 5. The largest absolute Gasteiger partial charge is 0.379 e. The van der Waals surface area contributed by atoms with Gasteiger partial charge in [-0.2, -0.15) is 20.5 Å². The summed E-state index contributed by atoms with van der Waals surface area (Å²) < 4.78 is 7.06. The van der Waals surface area contributed by atoms with E-state index in [9.17, 15) is 4.79 Å². The molecule has 0 aliphatic rings. The van der Waals surface area contributed by atoms with Crippen molar-refractivity contribution in [1.82, 2.24) is 30.5 Å². The monoisotopic (exact) mass is 292 g/mol. The number of hydrogen-bond donors (Lipinski definition) is 2. The second kappa shape index (κ2) is 6.98. The third-order valence-electron chi connectivity index (χ3n) is 2.88. The van der Waals surface area contributed by atoms with Crippen LogP contribution in [0.2, 0.25) is 0 Å². The molecule has 0 saturated heterocycles. The van der Waals surface area contributed by atoms with Gasteiger partial charge in [-0.1, -0.05) is 0 Å². The van der Waals surface area contributed by atoms with E-state index in [0.29, 0.717) is 18.8 Å². The fourth-order valence-corrected chi connectivity index (χ4v) is 1.85. The number of H-pyrrole nitrogens is 1. The van der Waals surface area contributed by atoms with Crippen molar-refractivity contribution in [3.05, 3.63) is 18.0 Å². The number of aromatic amines is 1. The molecule has 0 aliphatic heterocycles. The summed E-state index contributed by atoms with van der Waals surface area (Å²) in [5.41, 5.74) is 1.49. The van der Waals surface area contributed by atoms with Crippen LogP contribution in [0.25, 0.3) is 11.4 Å².